The van der Waals surface area contributed by atoms with Crippen molar-refractivity contribution < 1.29 is 28.6 Å². The number of carbonyl (C=O) groups is 3. The number of piperidine rings is 1. The fourth-order valence-corrected chi connectivity index (χ4v) is 5.18. The van der Waals surface area contributed by atoms with Crippen LogP contribution in [0, 0.1) is 11.8 Å². The Bertz CT molecular complexity index is 1200. The SMILES string of the molecule is COC(=O)[C@@H]1C[C@H](C(=O)OC)CN(c2nc(Nc3ccc(N4CCN(C(C)=O)CC4)cc3OC)ncc2Cl)C1. The Labute approximate surface area is 232 Å². The quantitative estimate of drug-likeness (QED) is 0.501. The molecule has 2 atom stereocenters. The summed E-state index contributed by atoms with van der Waals surface area (Å²) < 4.78 is 15.5. The zero-order chi connectivity index (χ0) is 28.1. The molecule has 2 fully saturated rings. The molecule has 0 bridgehead atoms. The van der Waals surface area contributed by atoms with E-state index in [4.69, 9.17) is 25.8 Å². The van der Waals surface area contributed by atoms with Crippen molar-refractivity contribution in [2.24, 2.45) is 11.8 Å². The van der Waals surface area contributed by atoms with Crippen molar-refractivity contribution in [3.8, 4) is 5.75 Å². The summed E-state index contributed by atoms with van der Waals surface area (Å²) in [5.74, 6) is -0.577. The van der Waals surface area contributed by atoms with Crippen LogP contribution in [0.5, 0.6) is 5.75 Å². The zero-order valence-corrected chi connectivity index (χ0v) is 23.2. The smallest absolute Gasteiger partial charge is 0.310 e. The highest BCUT2D eigenvalue weighted by Crippen LogP contribution is 2.35. The largest absolute Gasteiger partial charge is 0.494 e. The Kier molecular flexibility index (Phi) is 8.95. The molecule has 210 valence electrons. The standard InChI is InChI=1S/C26H33ClN6O6/c1-16(34)31-7-9-32(10-8-31)19-5-6-21(22(12-19)37-2)29-26-28-13-20(27)23(30-26)33-14-17(24(35)38-3)11-18(15-33)25(36)39-4/h5-6,12-13,17-18H,7-11,14-15H2,1-4H3,(H,28,29,30)/t17-,18+. The van der Waals surface area contributed by atoms with E-state index in [1.54, 1.807) is 18.9 Å². The van der Waals surface area contributed by atoms with Crippen LogP contribution in [-0.2, 0) is 23.9 Å². The number of nitrogens with zero attached hydrogens (tertiary/aromatic N) is 5. The normalized spacial score (nSPS) is 19.4. The van der Waals surface area contributed by atoms with E-state index in [1.165, 1.54) is 20.4 Å². The van der Waals surface area contributed by atoms with Crippen LogP contribution < -0.4 is 19.9 Å². The fourth-order valence-electron chi connectivity index (χ4n) is 4.97. The number of rotatable bonds is 7. The predicted molar refractivity (Wildman–Crippen MR) is 146 cm³/mol. The molecular formula is C26H33ClN6O6. The van der Waals surface area contributed by atoms with Crippen LogP contribution in [0.1, 0.15) is 13.3 Å². The lowest BCUT2D eigenvalue weighted by molar-refractivity contribution is -0.150. The van der Waals surface area contributed by atoms with Gasteiger partial charge in [0, 0.05) is 57.9 Å². The first kappa shape index (κ1) is 28.2. The summed E-state index contributed by atoms with van der Waals surface area (Å²) in [7, 11) is 4.22. The van der Waals surface area contributed by atoms with Crippen LogP contribution in [0.3, 0.4) is 0 Å². The third kappa shape index (κ3) is 6.44. The number of anilines is 4. The van der Waals surface area contributed by atoms with Gasteiger partial charge >= 0.3 is 11.9 Å². The zero-order valence-electron chi connectivity index (χ0n) is 22.5. The van der Waals surface area contributed by atoms with Crippen molar-refractivity contribution in [3.05, 3.63) is 29.4 Å². The number of ether oxygens (including phenoxy) is 3. The number of esters is 2. The second kappa shape index (κ2) is 12.4. The van der Waals surface area contributed by atoms with Crippen LogP contribution >= 0.6 is 11.6 Å². The number of methoxy groups -OCH3 is 3. The topological polar surface area (TPSA) is 126 Å². The minimum absolute atomic E-state index is 0.0836. The number of piperazine rings is 1. The average Bonchev–Trinajstić information content (AvgIpc) is 2.97. The third-order valence-corrected chi connectivity index (χ3v) is 7.33. The van der Waals surface area contributed by atoms with Crippen molar-refractivity contribution >= 4 is 52.6 Å². The average molecular weight is 561 g/mol. The van der Waals surface area contributed by atoms with Gasteiger partial charge in [0.1, 0.15) is 10.8 Å². The Morgan fingerprint density at radius 3 is 2.18 bits per heavy atom. The van der Waals surface area contributed by atoms with Crippen LogP contribution in [-0.4, -0.2) is 93.3 Å². The van der Waals surface area contributed by atoms with Crippen molar-refractivity contribution in [1.82, 2.24) is 14.9 Å². The lowest BCUT2D eigenvalue weighted by Crippen LogP contribution is -2.48. The molecule has 2 aliphatic heterocycles. The van der Waals surface area contributed by atoms with Gasteiger partial charge < -0.3 is 34.2 Å². The van der Waals surface area contributed by atoms with E-state index in [9.17, 15) is 14.4 Å². The van der Waals surface area contributed by atoms with E-state index in [1.807, 2.05) is 23.1 Å². The van der Waals surface area contributed by atoms with Crippen LogP contribution in [0.15, 0.2) is 24.4 Å². The van der Waals surface area contributed by atoms with E-state index < -0.39 is 23.8 Å². The summed E-state index contributed by atoms with van der Waals surface area (Å²) >= 11 is 6.47. The van der Waals surface area contributed by atoms with Gasteiger partial charge in [0.15, 0.2) is 5.82 Å². The highest BCUT2D eigenvalue weighted by molar-refractivity contribution is 6.32. The highest BCUT2D eigenvalue weighted by atomic mass is 35.5. The summed E-state index contributed by atoms with van der Waals surface area (Å²) in [6.07, 6.45) is 1.79. The monoisotopic (exact) mass is 560 g/mol. The van der Waals surface area contributed by atoms with E-state index in [-0.39, 0.29) is 30.0 Å². The Balaban J connectivity index is 1.54. The molecule has 0 radical (unpaired) electrons. The third-order valence-electron chi connectivity index (χ3n) is 7.07. The minimum Gasteiger partial charge on any atom is -0.494 e. The molecule has 39 heavy (non-hydrogen) atoms. The summed E-state index contributed by atoms with van der Waals surface area (Å²) in [4.78, 5) is 51.1. The maximum Gasteiger partial charge on any atom is 0.310 e. The minimum atomic E-state index is -0.541. The maximum atomic E-state index is 12.3. The molecule has 1 aromatic heterocycles. The Hall–Kier alpha value is -3.80. The molecule has 2 aliphatic rings. The molecule has 13 heteroatoms. The van der Waals surface area contributed by atoms with Crippen molar-refractivity contribution in [2.75, 3.05) is 75.7 Å². The molecule has 2 saturated heterocycles. The lowest BCUT2D eigenvalue weighted by Gasteiger charge is -2.36. The number of benzene rings is 1. The van der Waals surface area contributed by atoms with Crippen molar-refractivity contribution in [2.45, 2.75) is 13.3 Å². The van der Waals surface area contributed by atoms with E-state index >= 15 is 0 Å². The molecule has 12 nitrogen and oxygen atoms in total. The molecule has 0 unspecified atom stereocenters. The fraction of sp³-hybridized carbons (Fsp3) is 0.500. The second-order valence-corrected chi connectivity index (χ2v) is 9.86. The van der Waals surface area contributed by atoms with Gasteiger partial charge in [-0.3, -0.25) is 14.4 Å². The first-order chi connectivity index (χ1) is 18.7. The van der Waals surface area contributed by atoms with E-state index in [0.29, 0.717) is 36.8 Å². The Morgan fingerprint density at radius 1 is 0.974 bits per heavy atom. The van der Waals surface area contributed by atoms with Crippen LogP contribution in [0.2, 0.25) is 5.02 Å². The van der Waals surface area contributed by atoms with Gasteiger partial charge in [-0.1, -0.05) is 11.6 Å². The summed E-state index contributed by atoms with van der Waals surface area (Å²) in [5, 5.41) is 3.46. The van der Waals surface area contributed by atoms with Gasteiger partial charge in [-0.2, -0.15) is 4.98 Å². The van der Waals surface area contributed by atoms with Crippen LogP contribution in [0.25, 0.3) is 0 Å². The lowest BCUT2D eigenvalue weighted by atomic mass is 9.89. The number of hydrogen-bond donors (Lipinski definition) is 1. The molecular weight excluding hydrogens is 528 g/mol. The Morgan fingerprint density at radius 2 is 1.62 bits per heavy atom. The van der Waals surface area contributed by atoms with Gasteiger partial charge in [-0.15, -0.1) is 0 Å². The molecule has 0 aliphatic carbocycles. The van der Waals surface area contributed by atoms with Crippen molar-refractivity contribution in [1.29, 1.82) is 0 Å². The first-order valence-corrected chi connectivity index (χ1v) is 13.0. The van der Waals surface area contributed by atoms with E-state index in [0.717, 1.165) is 18.8 Å². The number of halogens is 1. The number of amides is 1. The molecule has 1 N–H and O–H groups in total. The molecule has 2 aromatic rings. The molecule has 1 aromatic carbocycles. The highest BCUT2D eigenvalue weighted by Gasteiger charge is 2.37. The van der Waals surface area contributed by atoms with Gasteiger partial charge in [0.05, 0.1) is 45.0 Å². The van der Waals surface area contributed by atoms with Gasteiger partial charge in [-0.25, -0.2) is 4.98 Å². The maximum absolute atomic E-state index is 12.3. The van der Waals surface area contributed by atoms with Crippen molar-refractivity contribution in [3.63, 3.8) is 0 Å². The molecule has 4 rings (SSSR count). The van der Waals surface area contributed by atoms with Gasteiger partial charge in [-0.05, 0) is 18.6 Å². The summed E-state index contributed by atoms with van der Waals surface area (Å²) in [6.45, 7) is 4.95. The number of nitrogens with one attached hydrogen (secondary N) is 1. The number of carbonyl (C=O) groups excluding carboxylic acids is 3. The summed E-state index contributed by atoms with van der Waals surface area (Å²) in [5.41, 5.74) is 1.63. The number of hydrogen-bond acceptors (Lipinski definition) is 11. The first-order valence-electron chi connectivity index (χ1n) is 12.6. The second-order valence-electron chi connectivity index (χ2n) is 9.45. The molecule has 0 spiro atoms. The number of aromatic nitrogens is 2. The van der Waals surface area contributed by atoms with E-state index in [2.05, 4.69) is 20.2 Å². The van der Waals surface area contributed by atoms with Crippen LogP contribution in [0.4, 0.5) is 23.1 Å². The predicted octanol–water partition coefficient (Wildman–Crippen LogP) is 2.34. The van der Waals surface area contributed by atoms with Gasteiger partial charge in [0.2, 0.25) is 11.9 Å². The molecule has 3 heterocycles. The molecule has 1 amide bonds. The summed E-state index contributed by atoms with van der Waals surface area (Å²) in [6, 6.07) is 5.78. The molecule has 0 saturated carbocycles. The van der Waals surface area contributed by atoms with Gasteiger partial charge in [0.25, 0.3) is 0 Å².